The Balaban J connectivity index is 1.85. The summed E-state index contributed by atoms with van der Waals surface area (Å²) < 4.78 is 0. The van der Waals surface area contributed by atoms with Crippen LogP contribution < -0.4 is 5.32 Å². The van der Waals surface area contributed by atoms with Gasteiger partial charge in [0.05, 0.1) is 17.6 Å². The van der Waals surface area contributed by atoms with E-state index in [0.717, 1.165) is 5.56 Å². The first-order valence-corrected chi connectivity index (χ1v) is 6.43. The highest BCUT2D eigenvalue weighted by atomic mass is 16.1. The number of aryl methyl sites for hydroxylation is 1. The summed E-state index contributed by atoms with van der Waals surface area (Å²) >= 11 is 0. The predicted molar refractivity (Wildman–Crippen MR) is 78.7 cm³/mol. The third kappa shape index (κ3) is 2.79. The van der Waals surface area contributed by atoms with E-state index in [2.05, 4.69) is 25.5 Å². The molecule has 0 bridgehead atoms. The Morgan fingerprint density at radius 2 is 2.05 bits per heavy atom. The van der Waals surface area contributed by atoms with Crippen LogP contribution in [-0.2, 0) is 0 Å². The van der Waals surface area contributed by atoms with Crippen molar-refractivity contribution >= 4 is 11.6 Å². The molecular formula is C15H13N5O. The van der Waals surface area contributed by atoms with E-state index in [0.29, 0.717) is 22.8 Å². The Bertz CT molecular complexity index is 749. The maximum Gasteiger partial charge on any atom is 0.274 e. The number of carbonyl (C=O) groups excluding carboxylic acids is 1. The van der Waals surface area contributed by atoms with Crippen molar-refractivity contribution in [2.45, 2.75) is 6.92 Å². The number of amides is 1. The number of aromatic amines is 1. The van der Waals surface area contributed by atoms with E-state index < -0.39 is 0 Å². The Hall–Kier alpha value is -3.02. The van der Waals surface area contributed by atoms with E-state index in [-0.39, 0.29) is 5.91 Å². The van der Waals surface area contributed by atoms with Crippen LogP contribution in [0.4, 0.5) is 5.69 Å². The number of rotatable bonds is 3. The molecule has 1 amide bonds. The summed E-state index contributed by atoms with van der Waals surface area (Å²) in [5.74, 6) is -0.284. The van der Waals surface area contributed by atoms with Crippen molar-refractivity contribution in [1.29, 1.82) is 0 Å². The van der Waals surface area contributed by atoms with Crippen LogP contribution in [0.25, 0.3) is 11.4 Å². The number of nitrogens with zero attached hydrogens (tertiary/aromatic N) is 3. The summed E-state index contributed by atoms with van der Waals surface area (Å²) in [7, 11) is 0. The second-order valence-electron chi connectivity index (χ2n) is 4.55. The van der Waals surface area contributed by atoms with Crippen LogP contribution in [0.15, 0.2) is 48.9 Å². The summed E-state index contributed by atoms with van der Waals surface area (Å²) in [6.45, 7) is 1.92. The molecule has 3 aromatic rings. The maximum atomic E-state index is 12.2. The Kier molecular flexibility index (Phi) is 3.42. The summed E-state index contributed by atoms with van der Waals surface area (Å²) in [5, 5.41) is 9.59. The molecule has 0 aliphatic carbocycles. The molecule has 6 nitrogen and oxygen atoms in total. The topological polar surface area (TPSA) is 83.6 Å². The Labute approximate surface area is 121 Å². The minimum absolute atomic E-state index is 0.284. The molecule has 3 rings (SSSR count). The van der Waals surface area contributed by atoms with Gasteiger partial charge >= 0.3 is 0 Å². The van der Waals surface area contributed by atoms with Gasteiger partial charge in [-0.05, 0) is 30.7 Å². The van der Waals surface area contributed by atoms with Gasteiger partial charge in [-0.3, -0.25) is 19.9 Å². The minimum Gasteiger partial charge on any atom is -0.317 e. The van der Waals surface area contributed by atoms with Crippen LogP contribution in [0.2, 0.25) is 0 Å². The Morgan fingerprint density at radius 3 is 2.76 bits per heavy atom. The van der Waals surface area contributed by atoms with Gasteiger partial charge in [0, 0.05) is 12.4 Å². The van der Waals surface area contributed by atoms with Crippen LogP contribution in [0.5, 0.6) is 0 Å². The molecule has 0 spiro atoms. The van der Waals surface area contributed by atoms with Crippen molar-refractivity contribution in [3.63, 3.8) is 0 Å². The lowest BCUT2D eigenvalue weighted by Gasteiger charge is -2.05. The number of H-pyrrole nitrogens is 1. The van der Waals surface area contributed by atoms with Gasteiger partial charge in [-0.2, -0.15) is 5.10 Å². The standard InChI is InChI=1S/C15H13N5O/c1-10-5-6-12(17-8-10)15(21)19-13-9-18-20-14(13)11-4-2-3-7-16-11/h2-9H,1H3,(H,18,20)(H,19,21). The van der Waals surface area contributed by atoms with E-state index in [1.165, 1.54) is 0 Å². The molecule has 0 atom stereocenters. The van der Waals surface area contributed by atoms with E-state index >= 15 is 0 Å². The van der Waals surface area contributed by atoms with Crippen LogP contribution in [-0.4, -0.2) is 26.1 Å². The average molecular weight is 279 g/mol. The second kappa shape index (κ2) is 5.54. The lowest BCUT2D eigenvalue weighted by atomic mass is 10.2. The quantitative estimate of drug-likeness (QED) is 0.771. The van der Waals surface area contributed by atoms with Gasteiger partial charge in [-0.15, -0.1) is 0 Å². The van der Waals surface area contributed by atoms with Crippen molar-refractivity contribution in [3.05, 3.63) is 60.2 Å². The zero-order valence-corrected chi connectivity index (χ0v) is 11.4. The zero-order valence-electron chi connectivity index (χ0n) is 11.4. The van der Waals surface area contributed by atoms with Crippen molar-refractivity contribution < 1.29 is 4.79 Å². The predicted octanol–water partition coefficient (Wildman–Crippen LogP) is 2.43. The summed E-state index contributed by atoms with van der Waals surface area (Å²) in [5.41, 5.74) is 3.30. The fourth-order valence-corrected chi connectivity index (χ4v) is 1.88. The molecule has 3 heterocycles. The molecule has 0 unspecified atom stereocenters. The number of anilines is 1. The van der Waals surface area contributed by atoms with Crippen molar-refractivity contribution in [1.82, 2.24) is 20.2 Å². The number of nitrogens with one attached hydrogen (secondary N) is 2. The molecule has 0 fully saturated rings. The van der Waals surface area contributed by atoms with Gasteiger partial charge in [-0.25, -0.2) is 0 Å². The molecule has 0 aliphatic heterocycles. The molecule has 0 aliphatic rings. The third-order valence-electron chi connectivity index (χ3n) is 2.95. The van der Waals surface area contributed by atoms with Gasteiger partial charge < -0.3 is 5.32 Å². The number of hydrogen-bond acceptors (Lipinski definition) is 4. The summed E-state index contributed by atoms with van der Waals surface area (Å²) in [6.07, 6.45) is 4.89. The number of hydrogen-bond donors (Lipinski definition) is 2. The monoisotopic (exact) mass is 279 g/mol. The first-order chi connectivity index (χ1) is 10.2. The van der Waals surface area contributed by atoms with Crippen LogP contribution in [0.1, 0.15) is 16.1 Å². The molecule has 21 heavy (non-hydrogen) atoms. The first-order valence-electron chi connectivity index (χ1n) is 6.43. The van der Waals surface area contributed by atoms with Gasteiger partial charge in [0.25, 0.3) is 5.91 Å². The fraction of sp³-hybridized carbons (Fsp3) is 0.0667. The third-order valence-corrected chi connectivity index (χ3v) is 2.95. The number of carbonyl (C=O) groups is 1. The first kappa shape index (κ1) is 13.0. The molecule has 0 aromatic carbocycles. The zero-order chi connectivity index (χ0) is 14.7. The fourth-order valence-electron chi connectivity index (χ4n) is 1.88. The molecule has 104 valence electrons. The second-order valence-corrected chi connectivity index (χ2v) is 4.55. The minimum atomic E-state index is -0.284. The van der Waals surface area contributed by atoms with Gasteiger partial charge in [0.2, 0.25) is 0 Å². The molecule has 6 heteroatoms. The molecule has 0 saturated carbocycles. The molecule has 2 N–H and O–H groups in total. The molecular weight excluding hydrogens is 266 g/mol. The van der Waals surface area contributed by atoms with Gasteiger partial charge in [0.15, 0.2) is 0 Å². The van der Waals surface area contributed by atoms with E-state index in [1.807, 2.05) is 31.2 Å². The highest BCUT2D eigenvalue weighted by molar-refractivity contribution is 6.04. The van der Waals surface area contributed by atoms with Gasteiger partial charge in [0.1, 0.15) is 11.4 Å². The van der Waals surface area contributed by atoms with Crippen molar-refractivity contribution in [2.75, 3.05) is 5.32 Å². The number of pyridine rings is 2. The van der Waals surface area contributed by atoms with E-state index in [1.54, 1.807) is 24.7 Å². The van der Waals surface area contributed by atoms with Crippen LogP contribution in [0, 0.1) is 6.92 Å². The molecule has 0 radical (unpaired) electrons. The van der Waals surface area contributed by atoms with Crippen molar-refractivity contribution in [2.24, 2.45) is 0 Å². The van der Waals surface area contributed by atoms with Crippen molar-refractivity contribution in [3.8, 4) is 11.4 Å². The lowest BCUT2D eigenvalue weighted by molar-refractivity contribution is 0.102. The average Bonchev–Trinajstić information content (AvgIpc) is 2.97. The highest BCUT2D eigenvalue weighted by Gasteiger charge is 2.13. The largest absolute Gasteiger partial charge is 0.317 e. The Morgan fingerprint density at radius 1 is 1.14 bits per heavy atom. The maximum absolute atomic E-state index is 12.2. The summed E-state index contributed by atoms with van der Waals surface area (Å²) in [6, 6.07) is 9.07. The van der Waals surface area contributed by atoms with Gasteiger partial charge in [-0.1, -0.05) is 12.1 Å². The SMILES string of the molecule is Cc1ccc(C(=O)Nc2cn[nH]c2-c2ccccn2)nc1. The summed E-state index contributed by atoms with van der Waals surface area (Å²) in [4.78, 5) is 20.5. The lowest BCUT2D eigenvalue weighted by Crippen LogP contribution is -2.13. The normalized spacial score (nSPS) is 10.3. The van der Waals surface area contributed by atoms with E-state index in [9.17, 15) is 4.79 Å². The molecule has 0 saturated heterocycles. The number of aromatic nitrogens is 4. The van der Waals surface area contributed by atoms with Crippen LogP contribution in [0.3, 0.4) is 0 Å². The smallest absolute Gasteiger partial charge is 0.274 e. The highest BCUT2D eigenvalue weighted by Crippen LogP contribution is 2.23. The van der Waals surface area contributed by atoms with Crippen LogP contribution >= 0.6 is 0 Å². The van der Waals surface area contributed by atoms with E-state index in [4.69, 9.17) is 0 Å². The molecule has 3 aromatic heterocycles.